The first-order valence-electron chi connectivity index (χ1n) is 9.39. The third-order valence-corrected chi connectivity index (χ3v) is 5.15. The summed E-state index contributed by atoms with van der Waals surface area (Å²) in [5.41, 5.74) is 2.59. The maximum absolute atomic E-state index is 6.10. The minimum absolute atomic E-state index is 0.191. The van der Waals surface area contributed by atoms with E-state index in [1.165, 1.54) is 36.8 Å². The molecule has 2 aliphatic rings. The van der Waals surface area contributed by atoms with E-state index in [1.807, 2.05) is 7.05 Å². The number of hydrogen-bond donors (Lipinski definition) is 2. The van der Waals surface area contributed by atoms with Gasteiger partial charge in [-0.3, -0.25) is 4.99 Å². The fraction of sp³-hybridized carbons (Fsp3) is 0.650. The summed E-state index contributed by atoms with van der Waals surface area (Å²) < 4.78 is 6.10. The van der Waals surface area contributed by atoms with Crippen molar-refractivity contribution in [2.75, 3.05) is 26.7 Å². The molecule has 1 aromatic carbocycles. The van der Waals surface area contributed by atoms with Gasteiger partial charge in [0.05, 0.1) is 6.10 Å². The van der Waals surface area contributed by atoms with Crippen LogP contribution in [-0.2, 0) is 4.74 Å². The molecule has 132 valence electrons. The molecule has 2 atom stereocenters. The van der Waals surface area contributed by atoms with Crippen molar-refractivity contribution >= 4 is 5.96 Å². The van der Waals surface area contributed by atoms with Gasteiger partial charge in [0, 0.05) is 32.7 Å². The van der Waals surface area contributed by atoms with Gasteiger partial charge in [0.15, 0.2) is 5.96 Å². The number of aliphatic imine (C=N–C) groups is 1. The van der Waals surface area contributed by atoms with Crippen LogP contribution in [0.25, 0.3) is 0 Å². The second-order valence-electron chi connectivity index (χ2n) is 7.22. The lowest BCUT2D eigenvalue weighted by atomic mass is 9.89. The Morgan fingerprint density at radius 1 is 1.17 bits per heavy atom. The molecule has 3 rings (SSSR count). The van der Waals surface area contributed by atoms with Gasteiger partial charge in [0.1, 0.15) is 0 Å². The molecule has 4 heteroatoms. The van der Waals surface area contributed by atoms with Gasteiger partial charge in [-0.05, 0) is 37.7 Å². The molecule has 2 fully saturated rings. The zero-order chi connectivity index (χ0) is 16.8. The monoisotopic (exact) mass is 329 g/mol. The number of nitrogens with one attached hydrogen (secondary N) is 2. The minimum atomic E-state index is 0.191. The average Bonchev–Trinajstić information content (AvgIpc) is 3.43. The van der Waals surface area contributed by atoms with Crippen molar-refractivity contribution in [1.29, 1.82) is 0 Å². The number of guanidine groups is 1. The molecule has 24 heavy (non-hydrogen) atoms. The van der Waals surface area contributed by atoms with Crippen molar-refractivity contribution in [3.05, 3.63) is 35.4 Å². The SMILES string of the molecule is CN=C(NCCC1CC1)NCC1CCCOC1c1ccc(C)cc1. The molecule has 1 aliphatic carbocycles. The molecular weight excluding hydrogens is 298 g/mol. The average molecular weight is 329 g/mol. The fourth-order valence-electron chi connectivity index (χ4n) is 3.43. The minimum Gasteiger partial charge on any atom is -0.373 e. The number of rotatable bonds is 6. The molecule has 0 radical (unpaired) electrons. The molecule has 4 nitrogen and oxygen atoms in total. The van der Waals surface area contributed by atoms with E-state index in [2.05, 4.69) is 46.8 Å². The van der Waals surface area contributed by atoms with Crippen molar-refractivity contribution in [3.63, 3.8) is 0 Å². The third-order valence-electron chi connectivity index (χ3n) is 5.15. The molecule has 1 saturated carbocycles. The lowest BCUT2D eigenvalue weighted by Crippen LogP contribution is -2.42. The van der Waals surface area contributed by atoms with Gasteiger partial charge >= 0.3 is 0 Å². The molecule has 1 aromatic rings. The first-order valence-corrected chi connectivity index (χ1v) is 9.39. The van der Waals surface area contributed by atoms with Crippen LogP contribution in [0.4, 0.5) is 0 Å². The van der Waals surface area contributed by atoms with E-state index in [4.69, 9.17) is 4.74 Å². The van der Waals surface area contributed by atoms with Crippen molar-refractivity contribution in [3.8, 4) is 0 Å². The van der Waals surface area contributed by atoms with Crippen molar-refractivity contribution in [2.45, 2.75) is 45.1 Å². The summed E-state index contributed by atoms with van der Waals surface area (Å²) in [4.78, 5) is 4.35. The topological polar surface area (TPSA) is 45.7 Å². The molecule has 0 amide bonds. The van der Waals surface area contributed by atoms with Gasteiger partial charge in [-0.2, -0.15) is 0 Å². The van der Waals surface area contributed by atoms with E-state index in [9.17, 15) is 0 Å². The molecule has 2 N–H and O–H groups in total. The Bertz CT molecular complexity index is 536. The van der Waals surface area contributed by atoms with Crippen molar-refractivity contribution in [2.24, 2.45) is 16.8 Å². The van der Waals surface area contributed by atoms with Gasteiger partial charge in [-0.1, -0.05) is 42.7 Å². The molecule has 1 aliphatic heterocycles. The summed E-state index contributed by atoms with van der Waals surface area (Å²) in [5, 5.41) is 6.94. The van der Waals surface area contributed by atoms with E-state index in [-0.39, 0.29) is 6.10 Å². The maximum Gasteiger partial charge on any atom is 0.190 e. The van der Waals surface area contributed by atoms with E-state index >= 15 is 0 Å². The Kier molecular flexibility index (Phi) is 6.13. The Morgan fingerprint density at radius 2 is 1.96 bits per heavy atom. The summed E-state index contributed by atoms with van der Waals surface area (Å²) in [6.07, 6.45) is 6.61. The Labute approximate surface area is 146 Å². The van der Waals surface area contributed by atoms with Gasteiger partial charge in [-0.15, -0.1) is 0 Å². The molecular formula is C20H31N3O. The predicted octanol–water partition coefficient (Wildman–Crippen LogP) is 3.43. The van der Waals surface area contributed by atoms with Crippen LogP contribution in [0.5, 0.6) is 0 Å². The van der Waals surface area contributed by atoms with Crippen molar-refractivity contribution < 1.29 is 4.74 Å². The van der Waals surface area contributed by atoms with Crippen LogP contribution in [0.2, 0.25) is 0 Å². The van der Waals surface area contributed by atoms with E-state index in [1.54, 1.807) is 0 Å². The molecule has 0 aromatic heterocycles. The molecule has 0 spiro atoms. The Hall–Kier alpha value is -1.55. The van der Waals surface area contributed by atoms with Crippen LogP contribution < -0.4 is 10.6 Å². The van der Waals surface area contributed by atoms with Crippen LogP contribution >= 0.6 is 0 Å². The van der Waals surface area contributed by atoms with Crippen LogP contribution in [0.1, 0.15) is 49.3 Å². The zero-order valence-electron chi connectivity index (χ0n) is 15.1. The quantitative estimate of drug-likeness (QED) is 0.621. The molecule has 1 heterocycles. The van der Waals surface area contributed by atoms with Crippen LogP contribution in [-0.4, -0.2) is 32.7 Å². The standard InChI is InChI=1S/C20H31N3O/c1-15-5-9-17(10-6-15)19-18(4-3-13-24-19)14-23-20(21-2)22-12-11-16-7-8-16/h5-6,9-10,16,18-19H,3-4,7-8,11-14H2,1-2H3,(H2,21,22,23). The second kappa shape index (κ2) is 8.52. The lowest BCUT2D eigenvalue weighted by Gasteiger charge is -2.32. The number of hydrogen-bond acceptors (Lipinski definition) is 2. The highest BCUT2D eigenvalue weighted by atomic mass is 16.5. The van der Waals surface area contributed by atoms with Crippen LogP contribution in [0.3, 0.4) is 0 Å². The summed E-state index contributed by atoms with van der Waals surface area (Å²) in [6, 6.07) is 8.77. The van der Waals surface area contributed by atoms with E-state index in [0.29, 0.717) is 5.92 Å². The van der Waals surface area contributed by atoms with E-state index < -0.39 is 0 Å². The lowest BCUT2D eigenvalue weighted by molar-refractivity contribution is -0.0265. The number of aryl methyl sites for hydroxylation is 1. The maximum atomic E-state index is 6.10. The normalized spacial score (nSPS) is 24.7. The van der Waals surface area contributed by atoms with Gasteiger partial charge in [0.2, 0.25) is 0 Å². The van der Waals surface area contributed by atoms with Crippen LogP contribution in [0, 0.1) is 18.8 Å². The van der Waals surface area contributed by atoms with E-state index in [0.717, 1.165) is 38.0 Å². The van der Waals surface area contributed by atoms with Gasteiger partial charge in [-0.25, -0.2) is 0 Å². The third kappa shape index (κ3) is 4.97. The summed E-state index contributed by atoms with van der Waals surface area (Å²) in [7, 11) is 1.85. The number of ether oxygens (including phenoxy) is 1. The first-order chi connectivity index (χ1) is 11.8. The summed E-state index contributed by atoms with van der Waals surface area (Å²) in [6.45, 7) is 4.92. The largest absolute Gasteiger partial charge is 0.373 e. The zero-order valence-corrected chi connectivity index (χ0v) is 15.1. The van der Waals surface area contributed by atoms with Gasteiger partial charge < -0.3 is 15.4 Å². The highest BCUT2D eigenvalue weighted by Crippen LogP contribution is 2.33. The summed E-state index contributed by atoms with van der Waals surface area (Å²) >= 11 is 0. The number of benzene rings is 1. The van der Waals surface area contributed by atoms with Gasteiger partial charge in [0.25, 0.3) is 0 Å². The Balaban J connectivity index is 1.51. The van der Waals surface area contributed by atoms with Crippen LogP contribution in [0.15, 0.2) is 29.3 Å². The predicted molar refractivity (Wildman–Crippen MR) is 99.3 cm³/mol. The molecule has 0 bridgehead atoms. The Morgan fingerprint density at radius 3 is 2.67 bits per heavy atom. The highest BCUT2D eigenvalue weighted by molar-refractivity contribution is 5.79. The molecule has 1 saturated heterocycles. The first kappa shape index (κ1) is 17.3. The summed E-state index contributed by atoms with van der Waals surface area (Å²) in [5.74, 6) is 2.36. The smallest absolute Gasteiger partial charge is 0.190 e. The second-order valence-corrected chi connectivity index (χ2v) is 7.22. The van der Waals surface area contributed by atoms with Crippen molar-refractivity contribution in [1.82, 2.24) is 10.6 Å². The number of nitrogens with zero attached hydrogens (tertiary/aromatic N) is 1. The fourth-order valence-corrected chi connectivity index (χ4v) is 3.43. The molecule has 2 unspecified atom stereocenters. The highest BCUT2D eigenvalue weighted by Gasteiger charge is 2.27.